The van der Waals surface area contributed by atoms with Gasteiger partial charge in [-0.05, 0) is 24.3 Å². The topological polar surface area (TPSA) is 119 Å². The van der Waals surface area contributed by atoms with Gasteiger partial charge in [0.2, 0.25) is 0 Å². The van der Waals surface area contributed by atoms with Crippen molar-refractivity contribution in [3.63, 3.8) is 0 Å². The molecule has 0 spiro atoms. The van der Waals surface area contributed by atoms with Gasteiger partial charge in [0.15, 0.2) is 0 Å². The van der Waals surface area contributed by atoms with Gasteiger partial charge in [0.05, 0.1) is 17.8 Å². The summed E-state index contributed by atoms with van der Waals surface area (Å²) in [5.74, 6) is 0.598. The zero-order valence-electron chi connectivity index (χ0n) is 13.0. The van der Waals surface area contributed by atoms with Crippen LogP contribution in [0.15, 0.2) is 58.5 Å². The third kappa shape index (κ3) is 2.92. The SMILES string of the molecule is O=c1[nH]cc(-c2cc(NCc3ccccn3)nc3[nH]ccc23)c(=O)[nH]1. The van der Waals surface area contributed by atoms with E-state index in [-0.39, 0.29) is 0 Å². The van der Waals surface area contributed by atoms with Crippen LogP contribution in [0, 0.1) is 0 Å². The number of pyridine rings is 2. The normalized spacial score (nSPS) is 10.9. The van der Waals surface area contributed by atoms with Crippen LogP contribution in [0.25, 0.3) is 22.2 Å². The minimum Gasteiger partial charge on any atom is -0.364 e. The Morgan fingerprint density at radius 2 is 2.00 bits per heavy atom. The lowest BCUT2D eigenvalue weighted by atomic mass is 10.1. The maximum absolute atomic E-state index is 12.2. The van der Waals surface area contributed by atoms with E-state index in [9.17, 15) is 9.59 Å². The number of hydrogen-bond acceptors (Lipinski definition) is 5. The highest BCUT2D eigenvalue weighted by molar-refractivity contribution is 5.94. The average molecular weight is 334 g/mol. The molecule has 0 saturated carbocycles. The lowest BCUT2D eigenvalue weighted by Gasteiger charge is -2.09. The van der Waals surface area contributed by atoms with Crippen molar-refractivity contribution in [1.29, 1.82) is 0 Å². The standard InChI is InChI=1S/C17H14N6O2/c24-16-13(9-21-17(25)23-16)12-7-14(22-15-11(12)4-6-19-15)20-8-10-3-1-2-5-18-10/h1-7,9H,8H2,(H2,19,20,22)(H2,21,23,24,25). The predicted octanol–water partition coefficient (Wildman–Crippen LogP) is 1.61. The number of aromatic amines is 3. The van der Waals surface area contributed by atoms with Crippen LogP contribution < -0.4 is 16.6 Å². The number of hydrogen-bond donors (Lipinski definition) is 4. The van der Waals surface area contributed by atoms with Crippen molar-refractivity contribution in [3.05, 3.63) is 75.5 Å². The van der Waals surface area contributed by atoms with Gasteiger partial charge in [0.25, 0.3) is 5.56 Å². The van der Waals surface area contributed by atoms with Crippen molar-refractivity contribution in [2.24, 2.45) is 0 Å². The summed E-state index contributed by atoms with van der Waals surface area (Å²) in [7, 11) is 0. The van der Waals surface area contributed by atoms with Crippen LogP contribution in [0.1, 0.15) is 5.69 Å². The lowest BCUT2D eigenvalue weighted by Crippen LogP contribution is -2.22. The lowest BCUT2D eigenvalue weighted by molar-refractivity contribution is 1.03. The van der Waals surface area contributed by atoms with E-state index in [1.807, 2.05) is 24.3 Å². The summed E-state index contributed by atoms with van der Waals surface area (Å²) in [6, 6.07) is 9.30. The molecule has 0 aromatic carbocycles. The minimum atomic E-state index is -0.540. The molecule has 0 atom stereocenters. The van der Waals surface area contributed by atoms with Gasteiger partial charge in [-0.2, -0.15) is 0 Å². The Hall–Kier alpha value is -3.68. The molecule has 8 heteroatoms. The zero-order valence-corrected chi connectivity index (χ0v) is 13.0. The van der Waals surface area contributed by atoms with Crippen LogP contribution in [-0.4, -0.2) is 24.9 Å². The molecule has 0 fully saturated rings. The summed E-state index contributed by atoms with van der Waals surface area (Å²) in [5.41, 5.74) is 1.57. The Labute approximate surface area is 141 Å². The molecule has 0 aliphatic heterocycles. The van der Waals surface area contributed by atoms with E-state index in [0.29, 0.717) is 29.1 Å². The highest BCUT2D eigenvalue weighted by Crippen LogP contribution is 2.27. The van der Waals surface area contributed by atoms with Crippen LogP contribution in [0.4, 0.5) is 5.82 Å². The summed E-state index contributed by atoms with van der Waals surface area (Å²) >= 11 is 0. The summed E-state index contributed by atoms with van der Waals surface area (Å²) in [4.78, 5) is 40.0. The van der Waals surface area contributed by atoms with E-state index in [1.54, 1.807) is 18.5 Å². The molecular weight excluding hydrogens is 320 g/mol. The first kappa shape index (κ1) is 14.9. The largest absolute Gasteiger partial charge is 0.364 e. The number of anilines is 1. The quantitative estimate of drug-likeness (QED) is 0.452. The monoisotopic (exact) mass is 334 g/mol. The van der Waals surface area contributed by atoms with Crippen molar-refractivity contribution in [1.82, 2.24) is 24.9 Å². The summed E-state index contributed by atoms with van der Waals surface area (Å²) in [6.45, 7) is 0.501. The van der Waals surface area contributed by atoms with E-state index in [2.05, 4.69) is 30.2 Å². The first-order chi connectivity index (χ1) is 12.2. The Bertz CT molecular complexity index is 1140. The third-order valence-electron chi connectivity index (χ3n) is 3.81. The highest BCUT2D eigenvalue weighted by Gasteiger charge is 2.12. The number of H-pyrrole nitrogens is 3. The van der Waals surface area contributed by atoms with Gasteiger partial charge in [-0.15, -0.1) is 0 Å². The molecule has 4 aromatic heterocycles. The smallest absolute Gasteiger partial charge is 0.325 e. The summed E-state index contributed by atoms with van der Waals surface area (Å²) in [5, 5.41) is 4.00. The van der Waals surface area contributed by atoms with Gasteiger partial charge in [-0.3, -0.25) is 14.8 Å². The van der Waals surface area contributed by atoms with Gasteiger partial charge < -0.3 is 15.3 Å². The van der Waals surface area contributed by atoms with Crippen LogP contribution in [0.5, 0.6) is 0 Å². The number of nitrogens with zero attached hydrogens (tertiary/aromatic N) is 2. The van der Waals surface area contributed by atoms with Crippen molar-refractivity contribution in [2.45, 2.75) is 6.54 Å². The molecule has 4 aromatic rings. The highest BCUT2D eigenvalue weighted by atomic mass is 16.2. The molecule has 0 radical (unpaired) electrons. The predicted molar refractivity (Wildman–Crippen MR) is 94.3 cm³/mol. The minimum absolute atomic E-state index is 0.368. The van der Waals surface area contributed by atoms with Crippen molar-refractivity contribution < 1.29 is 0 Å². The molecule has 4 N–H and O–H groups in total. The van der Waals surface area contributed by atoms with Gasteiger partial charge in [-0.1, -0.05) is 6.07 Å². The molecule has 0 bridgehead atoms. The molecule has 0 amide bonds. The molecule has 0 unspecified atom stereocenters. The Morgan fingerprint density at radius 3 is 2.80 bits per heavy atom. The summed E-state index contributed by atoms with van der Waals surface area (Å²) < 4.78 is 0. The molecule has 0 aliphatic carbocycles. The molecule has 0 aliphatic rings. The third-order valence-corrected chi connectivity index (χ3v) is 3.81. The Kier molecular flexibility index (Phi) is 3.62. The van der Waals surface area contributed by atoms with Crippen LogP contribution in [-0.2, 0) is 6.54 Å². The van der Waals surface area contributed by atoms with Gasteiger partial charge in [0, 0.05) is 29.5 Å². The molecular formula is C17H14N6O2. The molecule has 8 nitrogen and oxygen atoms in total. The maximum atomic E-state index is 12.2. The van der Waals surface area contributed by atoms with Crippen LogP contribution >= 0.6 is 0 Å². The first-order valence-corrected chi connectivity index (χ1v) is 7.65. The van der Waals surface area contributed by atoms with Crippen LogP contribution in [0.2, 0.25) is 0 Å². The van der Waals surface area contributed by atoms with E-state index in [1.165, 1.54) is 6.20 Å². The van der Waals surface area contributed by atoms with Gasteiger partial charge >= 0.3 is 5.69 Å². The maximum Gasteiger partial charge on any atom is 0.325 e. The second-order valence-corrected chi connectivity index (χ2v) is 5.46. The zero-order chi connectivity index (χ0) is 17.2. The van der Waals surface area contributed by atoms with Crippen molar-refractivity contribution in [3.8, 4) is 11.1 Å². The van der Waals surface area contributed by atoms with E-state index in [0.717, 1.165) is 11.1 Å². The molecule has 0 saturated heterocycles. The molecule has 124 valence electrons. The van der Waals surface area contributed by atoms with E-state index in [4.69, 9.17) is 0 Å². The molecule has 25 heavy (non-hydrogen) atoms. The molecule has 4 heterocycles. The average Bonchev–Trinajstić information content (AvgIpc) is 3.09. The van der Waals surface area contributed by atoms with Crippen molar-refractivity contribution >= 4 is 16.9 Å². The second-order valence-electron chi connectivity index (χ2n) is 5.46. The second kappa shape index (κ2) is 6.08. The Morgan fingerprint density at radius 1 is 1.08 bits per heavy atom. The number of nitrogens with one attached hydrogen (secondary N) is 4. The number of aromatic nitrogens is 5. The number of fused-ring (bicyclic) bond motifs is 1. The number of rotatable bonds is 4. The first-order valence-electron chi connectivity index (χ1n) is 7.65. The van der Waals surface area contributed by atoms with Gasteiger partial charge in [-0.25, -0.2) is 9.78 Å². The summed E-state index contributed by atoms with van der Waals surface area (Å²) in [6.07, 6.45) is 4.89. The van der Waals surface area contributed by atoms with E-state index < -0.39 is 11.2 Å². The van der Waals surface area contributed by atoms with E-state index >= 15 is 0 Å². The fourth-order valence-corrected chi connectivity index (χ4v) is 2.64. The Balaban J connectivity index is 1.77. The molecule has 4 rings (SSSR count). The van der Waals surface area contributed by atoms with Crippen molar-refractivity contribution in [2.75, 3.05) is 5.32 Å². The fraction of sp³-hybridized carbons (Fsp3) is 0.0588. The van der Waals surface area contributed by atoms with Gasteiger partial charge in [0.1, 0.15) is 11.5 Å². The fourth-order valence-electron chi connectivity index (χ4n) is 2.64. The van der Waals surface area contributed by atoms with Crippen LogP contribution in [0.3, 0.4) is 0 Å².